The molecule has 0 aliphatic carbocycles. The van der Waals surface area contributed by atoms with Crippen LogP contribution in [0, 0.1) is 111 Å². The van der Waals surface area contributed by atoms with Gasteiger partial charge < -0.3 is 14.7 Å². The molecule has 0 bridgehead atoms. The van der Waals surface area contributed by atoms with E-state index in [1.807, 2.05) is 0 Å². The zero-order valence-corrected chi connectivity index (χ0v) is 40.0. The average molecular weight is 812 g/mol. The van der Waals surface area contributed by atoms with Gasteiger partial charge in [0.05, 0.1) is 5.69 Å². The third kappa shape index (κ3) is 6.40. The van der Waals surface area contributed by atoms with Gasteiger partial charge >= 0.3 is 0 Å². The molecule has 2 aliphatic rings. The molecule has 3 nitrogen and oxygen atoms in total. The van der Waals surface area contributed by atoms with Gasteiger partial charge in [0.2, 0.25) is 0 Å². The Bertz CT molecular complexity index is 2770. The average Bonchev–Trinajstić information content (AvgIpc) is 3.21. The lowest BCUT2D eigenvalue weighted by Crippen LogP contribution is -2.61. The summed E-state index contributed by atoms with van der Waals surface area (Å²) < 4.78 is 0. The third-order valence-corrected chi connectivity index (χ3v) is 15.2. The molecule has 62 heavy (non-hydrogen) atoms. The Morgan fingerprint density at radius 1 is 0.290 bits per heavy atom. The van der Waals surface area contributed by atoms with Gasteiger partial charge in [0.25, 0.3) is 6.71 Å². The first kappa shape index (κ1) is 41.4. The monoisotopic (exact) mass is 812 g/mol. The van der Waals surface area contributed by atoms with E-state index in [9.17, 15) is 0 Å². The number of anilines is 9. The number of rotatable bonds is 5. The van der Waals surface area contributed by atoms with Gasteiger partial charge in [0, 0.05) is 45.5 Å². The van der Waals surface area contributed by atoms with Crippen molar-refractivity contribution in [1.82, 2.24) is 0 Å². The van der Waals surface area contributed by atoms with Crippen LogP contribution in [-0.2, 0) is 0 Å². The Morgan fingerprint density at radius 3 is 0.887 bits per heavy atom. The van der Waals surface area contributed by atoms with Gasteiger partial charge in [-0.05, 0) is 289 Å². The summed E-state index contributed by atoms with van der Waals surface area (Å²) in [5, 5.41) is 0. The molecule has 0 N–H and O–H groups in total. The van der Waals surface area contributed by atoms with Crippen LogP contribution in [0.25, 0.3) is 0 Å². The first-order valence-corrected chi connectivity index (χ1v) is 22.5. The Kier molecular flexibility index (Phi) is 9.89. The summed E-state index contributed by atoms with van der Waals surface area (Å²) >= 11 is 0. The molecule has 0 saturated heterocycles. The second-order valence-corrected chi connectivity index (χ2v) is 19.1. The maximum atomic E-state index is 2.60. The highest BCUT2D eigenvalue weighted by Crippen LogP contribution is 2.49. The van der Waals surface area contributed by atoms with E-state index in [0.29, 0.717) is 0 Å². The Balaban J connectivity index is 1.49. The van der Waals surface area contributed by atoms with E-state index in [-0.39, 0.29) is 6.71 Å². The zero-order chi connectivity index (χ0) is 44.4. The first-order valence-electron chi connectivity index (χ1n) is 22.5. The van der Waals surface area contributed by atoms with Crippen molar-refractivity contribution in [3.05, 3.63) is 174 Å². The van der Waals surface area contributed by atoms with E-state index in [4.69, 9.17) is 0 Å². The van der Waals surface area contributed by atoms with Crippen LogP contribution >= 0.6 is 0 Å². The van der Waals surface area contributed by atoms with E-state index < -0.39 is 0 Å². The Labute approximate surface area is 372 Å². The first-order chi connectivity index (χ1) is 29.3. The summed E-state index contributed by atoms with van der Waals surface area (Å²) in [5.41, 5.74) is 35.9. The Hall–Kier alpha value is -6.00. The molecular weight excluding hydrogens is 749 g/mol. The van der Waals surface area contributed by atoms with Gasteiger partial charge in [-0.2, -0.15) is 0 Å². The molecule has 0 saturated carbocycles. The number of nitrogens with zero attached hydrogens (tertiary/aromatic N) is 3. The second kappa shape index (κ2) is 14.8. The number of aryl methyl sites for hydroxylation is 12. The number of fused-ring (bicyclic) bond motifs is 4. The van der Waals surface area contributed by atoms with Crippen molar-refractivity contribution in [3.63, 3.8) is 0 Å². The molecule has 4 heteroatoms. The lowest BCUT2D eigenvalue weighted by Gasteiger charge is -2.45. The fraction of sp³-hybridized carbons (Fsp3) is 0.276. The third-order valence-electron chi connectivity index (χ3n) is 15.2. The molecule has 7 aromatic carbocycles. The summed E-state index contributed by atoms with van der Waals surface area (Å²) in [6.07, 6.45) is 0. The van der Waals surface area contributed by atoms with Crippen molar-refractivity contribution in [3.8, 4) is 0 Å². The standard InChI is InChI=1S/C58H62BN3/c1-31-25-52-54(27-33(31)3)61(49-21-39(9)45(15)40(10)22-49)56-29-51(60(47-17-35(5)43(13)36(6)18-47)48-19-37(7)44(14)38(8)20-48)30-57-58(56)59(52)53-26-32(2)34(4)28-55(53)62(57)50-23-41(11)46(16)42(12)24-50/h17-30H,1-16H3. The maximum absolute atomic E-state index is 2.60. The highest BCUT2D eigenvalue weighted by Gasteiger charge is 2.44. The largest absolute Gasteiger partial charge is 0.311 e. The highest BCUT2D eigenvalue weighted by atomic mass is 15.2. The minimum absolute atomic E-state index is 0.0339. The van der Waals surface area contributed by atoms with Crippen molar-refractivity contribution < 1.29 is 0 Å². The van der Waals surface area contributed by atoms with Crippen LogP contribution in [0.3, 0.4) is 0 Å². The van der Waals surface area contributed by atoms with Crippen LogP contribution in [0.5, 0.6) is 0 Å². The van der Waals surface area contributed by atoms with Crippen LogP contribution in [0.4, 0.5) is 51.2 Å². The molecule has 0 amide bonds. The van der Waals surface area contributed by atoms with Crippen LogP contribution < -0.4 is 31.1 Å². The quantitative estimate of drug-likeness (QED) is 0.160. The molecule has 2 heterocycles. The van der Waals surface area contributed by atoms with Gasteiger partial charge in [0.15, 0.2) is 0 Å². The minimum Gasteiger partial charge on any atom is -0.311 e. The lowest BCUT2D eigenvalue weighted by atomic mass is 9.33. The molecule has 0 radical (unpaired) electrons. The summed E-state index contributed by atoms with van der Waals surface area (Å²) in [5.74, 6) is 0. The SMILES string of the molecule is Cc1cc2c(cc1C)N(c1cc(C)c(C)c(C)c1)c1cc(N(c3cc(C)c(C)c(C)c3)c3cc(C)c(C)c(C)c3)cc3c1B2c1cc(C)c(C)cc1N3c1cc(C)c(C)c(C)c1. The van der Waals surface area contributed by atoms with Crippen LogP contribution in [0.1, 0.15) is 89.0 Å². The van der Waals surface area contributed by atoms with Crippen LogP contribution in [0.15, 0.2) is 84.9 Å². The molecule has 0 unspecified atom stereocenters. The van der Waals surface area contributed by atoms with Crippen molar-refractivity contribution >= 4 is 74.3 Å². The lowest BCUT2D eigenvalue weighted by molar-refractivity contribution is 1.17. The van der Waals surface area contributed by atoms with Crippen LogP contribution in [-0.4, -0.2) is 6.71 Å². The minimum atomic E-state index is 0.0339. The van der Waals surface area contributed by atoms with Crippen molar-refractivity contribution in [1.29, 1.82) is 0 Å². The summed E-state index contributed by atoms with van der Waals surface area (Å²) in [6, 6.07) is 34.1. The van der Waals surface area contributed by atoms with E-state index in [1.54, 1.807) is 0 Å². The smallest absolute Gasteiger partial charge is 0.252 e. The van der Waals surface area contributed by atoms with E-state index >= 15 is 0 Å². The number of hydrogen-bond acceptors (Lipinski definition) is 3. The topological polar surface area (TPSA) is 9.72 Å². The molecule has 9 rings (SSSR count). The molecule has 0 atom stereocenters. The molecule has 0 fully saturated rings. The van der Waals surface area contributed by atoms with Crippen molar-refractivity contribution in [2.45, 2.75) is 111 Å². The summed E-state index contributed by atoms with van der Waals surface area (Å²) in [7, 11) is 0. The zero-order valence-electron chi connectivity index (χ0n) is 40.0. The molecule has 0 aromatic heterocycles. The molecule has 312 valence electrons. The van der Waals surface area contributed by atoms with Crippen molar-refractivity contribution in [2.75, 3.05) is 14.7 Å². The van der Waals surface area contributed by atoms with Gasteiger partial charge in [-0.3, -0.25) is 0 Å². The molecular formula is C58H62BN3. The van der Waals surface area contributed by atoms with Crippen molar-refractivity contribution in [2.24, 2.45) is 0 Å². The van der Waals surface area contributed by atoms with E-state index in [0.717, 1.165) is 5.69 Å². The van der Waals surface area contributed by atoms with Gasteiger partial charge in [0.1, 0.15) is 0 Å². The van der Waals surface area contributed by atoms with E-state index in [2.05, 4.69) is 210 Å². The van der Waals surface area contributed by atoms with Crippen LogP contribution in [0.2, 0.25) is 0 Å². The van der Waals surface area contributed by atoms with E-state index in [1.165, 1.54) is 151 Å². The predicted octanol–water partition coefficient (Wildman–Crippen LogP) is 14.2. The fourth-order valence-electron chi connectivity index (χ4n) is 10.2. The molecule has 7 aromatic rings. The van der Waals surface area contributed by atoms with Gasteiger partial charge in [-0.1, -0.05) is 12.1 Å². The van der Waals surface area contributed by atoms with Gasteiger partial charge in [-0.15, -0.1) is 0 Å². The van der Waals surface area contributed by atoms with Gasteiger partial charge in [-0.25, -0.2) is 0 Å². The molecule has 2 aliphatic heterocycles. The normalized spacial score (nSPS) is 12.7. The predicted molar refractivity (Wildman–Crippen MR) is 271 cm³/mol. The summed E-state index contributed by atoms with van der Waals surface area (Å²) in [6.45, 7) is 36.2. The fourth-order valence-corrected chi connectivity index (χ4v) is 10.2. The molecule has 0 spiro atoms. The maximum Gasteiger partial charge on any atom is 0.252 e. The number of hydrogen-bond donors (Lipinski definition) is 0. The number of benzene rings is 7. The summed E-state index contributed by atoms with van der Waals surface area (Å²) in [4.78, 5) is 7.74. The highest BCUT2D eigenvalue weighted by molar-refractivity contribution is 7.00. The Morgan fingerprint density at radius 2 is 0.565 bits per heavy atom. The second-order valence-electron chi connectivity index (χ2n) is 19.1.